The van der Waals surface area contributed by atoms with Gasteiger partial charge in [-0.15, -0.1) is 0 Å². The molecule has 0 fully saturated rings. The van der Waals surface area contributed by atoms with Crippen molar-refractivity contribution in [1.82, 2.24) is 4.31 Å². The van der Waals surface area contributed by atoms with Gasteiger partial charge < -0.3 is 5.32 Å². The number of carbonyl (C=O) groups is 1. The number of halogens is 1. The lowest BCUT2D eigenvalue weighted by Gasteiger charge is -2.22. The molecule has 29 heavy (non-hydrogen) atoms. The molecule has 0 saturated carbocycles. The van der Waals surface area contributed by atoms with Crippen LogP contribution < -0.4 is 9.62 Å². The van der Waals surface area contributed by atoms with E-state index in [9.17, 15) is 21.6 Å². The third-order valence-electron chi connectivity index (χ3n) is 4.06. The first-order valence-corrected chi connectivity index (χ1v) is 12.1. The maximum Gasteiger partial charge on any atom is 0.245 e. The fraction of sp³-hybridized carbons (Fsp3) is 0.278. The Kier molecular flexibility index (Phi) is 6.94. The summed E-state index contributed by atoms with van der Waals surface area (Å²) >= 11 is 5.94. The standard InChI is InChI=1S/C18H22ClN3O5S2/c1-13-5-6-14(19)11-17(13)20-18(23)12-22(28(4,24)25)15-7-9-16(10-8-15)29(26,27)21(2)3/h5-11H,12H2,1-4H3,(H,20,23). The minimum absolute atomic E-state index is 0.0127. The van der Waals surface area contributed by atoms with Crippen molar-refractivity contribution < 1.29 is 21.6 Å². The highest BCUT2D eigenvalue weighted by Crippen LogP contribution is 2.23. The second kappa shape index (κ2) is 8.70. The molecule has 0 aliphatic heterocycles. The zero-order valence-corrected chi connectivity index (χ0v) is 18.8. The van der Waals surface area contributed by atoms with Crippen LogP contribution in [-0.4, -0.2) is 53.9 Å². The van der Waals surface area contributed by atoms with Crippen molar-refractivity contribution in [3.05, 3.63) is 53.1 Å². The van der Waals surface area contributed by atoms with Crippen LogP contribution in [0, 0.1) is 6.92 Å². The molecule has 8 nitrogen and oxygen atoms in total. The summed E-state index contributed by atoms with van der Waals surface area (Å²) in [5.41, 5.74) is 1.42. The Morgan fingerprint density at radius 2 is 1.62 bits per heavy atom. The van der Waals surface area contributed by atoms with Crippen molar-refractivity contribution in [2.45, 2.75) is 11.8 Å². The Hall–Kier alpha value is -2.14. The Morgan fingerprint density at radius 1 is 1.03 bits per heavy atom. The molecule has 0 bridgehead atoms. The maximum atomic E-state index is 12.5. The first-order chi connectivity index (χ1) is 13.3. The second-order valence-corrected chi connectivity index (χ2v) is 11.1. The van der Waals surface area contributed by atoms with Gasteiger partial charge in [0.25, 0.3) is 0 Å². The van der Waals surface area contributed by atoms with Gasteiger partial charge in [0, 0.05) is 24.8 Å². The van der Waals surface area contributed by atoms with Gasteiger partial charge in [-0.1, -0.05) is 17.7 Å². The number of hydrogen-bond donors (Lipinski definition) is 1. The fourth-order valence-corrected chi connectivity index (χ4v) is 4.37. The lowest BCUT2D eigenvalue weighted by atomic mass is 10.2. The van der Waals surface area contributed by atoms with Gasteiger partial charge in [0.2, 0.25) is 26.0 Å². The predicted molar refractivity (Wildman–Crippen MR) is 114 cm³/mol. The van der Waals surface area contributed by atoms with E-state index in [1.165, 1.54) is 38.4 Å². The Labute approximate surface area is 176 Å². The van der Waals surface area contributed by atoms with E-state index in [0.29, 0.717) is 10.7 Å². The van der Waals surface area contributed by atoms with Crippen LogP contribution in [0.1, 0.15) is 5.56 Å². The normalized spacial score (nSPS) is 12.1. The Morgan fingerprint density at radius 3 is 2.14 bits per heavy atom. The lowest BCUT2D eigenvalue weighted by Crippen LogP contribution is -2.37. The van der Waals surface area contributed by atoms with E-state index in [1.807, 2.05) is 0 Å². The summed E-state index contributed by atoms with van der Waals surface area (Å²) in [5.74, 6) is -0.564. The summed E-state index contributed by atoms with van der Waals surface area (Å²) in [6.07, 6.45) is 0.968. The van der Waals surface area contributed by atoms with Gasteiger partial charge in [-0.25, -0.2) is 21.1 Å². The molecule has 0 aromatic heterocycles. The van der Waals surface area contributed by atoms with E-state index >= 15 is 0 Å². The molecule has 158 valence electrons. The number of carbonyl (C=O) groups excluding carboxylic acids is 1. The largest absolute Gasteiger partial charge is 0.324 e. The third-order valence-corrected chi connectivity index (χ3v) is 7.27. The molecule has 0 aliphatic rings. The smallest absolute Gasteiger partial charge is 0.245 e. The molecule has 0 saturated heterocycles. The van der Waals surface area contributed by atoms with Crippen molar-refractivity contribution in [2.24, 2.45) is 0 Å². The summed E-state index contributed by atoms with van der Waals surface area (Å²) in [7, 11) is -4.66. The van der Waals surface area contributed by atoms with Crippen LogP contribution in [0.5, 0.6) is 0 Å². The number of nitrogens with one attached hydrogen (secondary N) is 1. The summed E-state index contributed by atoms with van der Waals surface area (Å²) in [6.45, 7) is 1.30. The zero-order chi connectivity index (χ0) is 22.0. The van der Waals surface area contributed by atoms with Crippen LogP contribution in [-0.2, 0) is 24.8 Å². The first kappa shape index (κ1) is 23.1. The molecule has 0 unspecified atom stereocenters. The van der Waals surface area contributed by atoms with Crippen LogP contribution in [0.25, 0.3) is 0 Å². The van der Waals surface area contributed by atoms with Crippen molar-refractivity contribution in [3.8, 4) is 0 Å². The molecule has 1 amide bonds. The van der Waals surface area contributed by atoms with E-state index in [0.717, 1.165) is 20.4 Å². The van der Waals surface area contributed by atoms with Crippen molar-refractivity contribution in [1.29, 1.82) is 0 Å². The Balaban J connectivity index is 2.29. The summed E-state index contributed by atoms with van der Waals surface area (Å²) in [5, 5.41) is 3.08. The molecular formula is C18H22ClN3O5S2. The monoisotopic (exact) mass is 459 g/mol. The average molecular weight is 460 g/mol. The van der Waals surface area contributed by atoms with Gasteiger partial charge in [0.15, 0.2) is 0 Å². The highest BCUT2D eigenvalue weighted by atomic mass is 35.5. The zero-order valence-electron chi connectivity index (χ0n) is 16.4. The minimum atomic E-state index is -3.80. The number of anilines is 2. The summed E-state index contributed by atoms with van der Waals surface area (Å²) in [4.78, 5) is 12.5. The van der Waals surface area contributed by atoms with Gasteiger partial charge in [-0.3, -0.25) is 9.10 Å². The molecule has 0 spiro atoms. The van der Waals surface area contributed by atoms with Gasteiger partial charge in [0.1, 0.15) is 6.54 Å². The molecule has 2 rings (SSSR count). The molecule has 0 aliphatic carbocycles. The van der Waals surface area contributed by atoms with E-state index in [4.69, 9.17) is 11.6 Å². The van der Waals surface area contributed by atoms with E-state index in [1.54, 1.807) is 25.1 Å². The number of aryl methyl sites for hydroxylation is 1. The molecule has 0 atom stereocenters. The SMILES string of the molecule is Cc1ccc(Cl)cc1NC(=O)CN(c1ccc(S(=O)(=O)N(C)C)cc1)S(C)(=O)=O. The molecule has 0 heterocycles. The third kappa shape index (κ3) is 5.69. The van der Waals surface area contributed by atoms with Crippen molar-refractivity contribution in [3.63, 3.8) is 0 Å². The van der Waals surface area contributed by atoms with E-state index in [2.05, 4.69) is 5.32 Å². The topological polar surface area (TPSA) is 104 Å². The number of rotatable bonds is 7. The number of hydrogen-bond acceptors (Lipinski definition) is 5. The van der Waals surface area contributed by atoms with Crippen LogP contribution >= 0.6 is 11.6 Å². The number of amides is 1. The minimum Gasteiger partial charge on any atom is -0.324 e. The molecule has 0 radical (unpaired) electrons. The second-order valence-electron chi connectivity index (χ2n) is 6.56. The predicted octanol–water partition coefficient (Wildman–Crippen LogP) is 2.30. The lowest BCUT2D eigenvalue weighted by molar-refractivity contribution is -0.114. The number of benzene rings is 2. The molecule has 11 heteroatoms. The number of sulfonamides is 2. The van der Waals surface area contributed by atoms with Gasteiger partial charge in [0.05, 0.1) is 16.8 Å². The van der Waals surface area contributed by atoms with Gasteiger partial charge >= 0.3 is 0 Å². The molecular weight excluding hydrogens is 438 g/mol. The van der Waals surface area contributed by atoms with Gasteiger partial charge in [-0.2, -0.15) is 0 Å². The van der Waals surface area contributed by atoms with Crippen LogP contribution in [0.15, 0.2) is 47.4 Å². The maximum absolute atomic E-state index is 12.5. The highest BCUT2D eigenvalue weighted by molar-refractivity contribution is 7.92. The molecule has 2 aromatic rings. The summed E-state index contributed by atoms with van der Waals surface area (Å²) < 4.78 is 50.7. The van der Waals surface area contributed by atoms with E-state index in [-0.39, 0.29) is 10.6 Å². The quantitative estimate of drug-likeness (QED) is 0.684. The highest BCUT2D eigenvalue weighted by Gasteiger charge is 2.23. The van der Waals surface area contributed by atoms with Crippen LogP contribution in [0.4, 0.5) is 11.4 Å². The van der Waals surface area contributed by atoms with E-state index < -0.39 is 32.5 Å². The van der Waals surface area contributed by atoms with Crippen molar-refractivity contribution in [2.75, 3.05) is 36.5 Å². The first-order valence-electron chi connectivity index (χ1n) is 8.38. The van der Waals surface area contributed by atoms with Crippen LogP contribution in [0.2, 0.25) is 5.02 Å². The fourth-order valence-electron chi connectivity index (χ4n) is 2.44. The molecule has 1 N–H and O–H groups in total. The van der Waals surface area contributed by atoms with Crippen molar-refractivity contribution >= 4 is 48.9 Å². The summed E-state index contributed by atoms with van der Waals surface area (Å²) in [6, 6.07) is 10.3. The average Bonchev–Trinajstić information content (AvgIpc) is 2.62. The van der Waals surface area contributed by atoms with Gasteiger partial charge in [-0.05, 0) is 48.9 Å². The van der Waals surface area contributed by atoms with Crippen LogP contribution in [0.3, 0.4) is 0 Å². The molecule has 2 aromatic carbocycles. The Bertz CT molecular complexity index is 1110. The number of nitrogens with zero attached hydrogens (tertiary/aromatic N) is 2.